The minimum Gasteiger partial charge on any atom is -0.454 e. The van der Waals surface area contributed by atoms with Crippen LogP contribution < -0.4 is 14.8 Å². The first-order valence-electron chi connectivity index (χ1n) is 7.68. The number of aromatic nitrogens is 2. The van der Waals surface area contributed by atoms with E-state index in [2.05, 4.69) is 29.4 Å². The molecule has 1 amide bonds. The minimum absolute atomic E-state index is 0.0518. The zero-order valence-corrected chi connectivity index (χ0v) is 14.6. The third-order valence-electron chi connectivity index (χ3n) is 3.74. The van der Waals surface area contributed by atoms with Crippen LogP contribution in [0.2, 0.25) is 0 Å². The van der Waals surface area contributed by atoms with Crippen LogP contribution in [0.5, 0.6) is 11.5 Å². The highest BCUT2D eigenvalue weighted by molar-refractivity contribution is 7.99. The van der Waals surface area contributed by atoms with Crippen molar-refractivity contribution < 1.29 is 18.7 Å². The second kappa shape index (κ2) is 7.12. The molecule has 0 saturated carbocycles. The van der Waals surface area contributed by atoms with E-state index in [4.69, 9.17) is 13.9 Å². The molecule has 0 saturated heterocycles. The maximum atomic E-state index is 11.9. The van der Waals surface area contributed by atoms with Crippen molar-refractivity contribution in [3.63, 3.8) is 0 Å². The number of fused-ring (bicyclic) bond motifs is 1. The van der Waals surface area contributed by atoms with Gasteiger partial charge in [0.05, 0.1) is 5.75 Å². The first-order valence-corrected chi connectivity index (χ1v) is 8.67. The summed E-state index contributed by atoms with van der Waals surface area (Å²) in [5.41, 5.74) is 0.747. The summed E-state index contributed by atoms with van der Waals surface area (Å²) in [6.45, 7) is 6.33. The van der Waals surface area contributed by atoms with E-state index >= 15 is 0 Å². The number of thioether (sulfide) groups is 1. The van der Waals surface area contributed by atoms with Crippen molar-refractivity contribution >= 4 is 17.7 Å². The van der Waals surface area contributed by atoms with Gasteiger partial charge >= 0.3 is 0 Å². The summed E-state index contributed by atoms with van der Waals surface area (Å²) in [4.78, 5) is 11.9. The topological polar surface area (TPSA) is 86.5 Å². The Hall–Kier alpha value is -2.22. The molecule has 1 aromatic heterocycles. The molecule has 0 radical (unpaired) electrons. The third kappa shape index (κ3) is 3.81. The van der Waals surface area contributed by atoms with Gasteiger partial charge in [0.2, 0.25) is 18.6 Å². The zero-order chi connectivity index (χ0) is 17.1. The van der Waals surface area contributed by atoms with E-state index in [1.54, 1.807) is 12.1 Å². The van der Waals surface area contributed by atoms with Gasteiger partial charge in [-0.3, -0.25) is 4.79 Å². The molecule has 24 heavy (non-hydrogen) atoms. The quantitative estimate of drug-likeness (QED) is 0.802. The molecule has 1 aromatic carbocycles. The number of carbonyl (C=O) groups excluding carboxylic acids is 1. The molecule has 1 aliphatic heterocycles. The Kier molecular flexibility index (Phi) is 4.94. The maximum absolute atomic E-state index is 11.9. The van der Waals surface area contributed by atoms with Gasteiger partial charge < -0.3 is 19.2 Å². The smallest absolute Gasteiger partial charge is 0.277 e. The van der Waals surface area contributed by atoms with Crippen LogP contribution in [0.25, 0.3) is 11.5 Å². The lowest BCUT2D eigenvalue weighted by Crippen LogP contribution is -2.37. The van der Waals surface area contributed by atoms with Gasteiger partial charge in [-0.1, -0.05) is 25.6 Å². The Morgan fingerprint density at radius 1 is 1.25 bits per heavy atom. The monoisotopic (exact) mass is 349 g/mol. The van der Waals surface area contributed by atoms with Gasteiger partial charge in [-0.15, -0.1) is 10.2 Å². The molecular weight excluding hydrogens is 330 g/mol. The molecule has 2 heterocycles. The molecule has 0 spiro atoms. The predicted molar refractivity (Wildman–Crippen MR) is 89.0 cm³/mol. The molecule has 8 heteroatoms. The van der Waals surface area contributed by atoms with Crippen LogP contribution in [-0.4, -0.2) is 34.7 Å². The fourth-order valence-corrected chi connectivity index (χ4v) is 2.58. The standard InChI is InChI=1S/C16H19N3O4S/c1-9(2)10(3)17-14(20)7-24-16-19-18-15(23-16)11-4-5-12-13(6-11)22-8-21-12/h4-6,9-10H,7-8H2,1-3H3,(H,17,20)/t10-/m0/s1. The third-order valence-corrected chi connectivity index (χ3v) is 4.56. The van der Waals surface area contributed by atoms with Gasteiger partial charge in [0.1, 0.15) is 0 Å². The number of hydrogen-bond donors (Lipinski definition) is 1. The van der Waals surface area contributed by atoms with E-state index in [0.717, 1.165) is 5.56 Å². The lowest BCUT2D eigenvalue weighted by Gasteiger charge is -2.16. The number of ether oxygens (including phenoxy) is 2. The molecule has 1 aliphatic rings. The van der Waals surface area contributed by atoms with Crippen LogP contribution in [0.4, 0.5) is 0 Å². The van der Waals surface area contributed by atoms with Crippen LogP contribution in [-0.2, 0) is 4.79 Å². The van der Waals surface area contributed by atoms with Crippen LogP contribution in [0.1, 0.15) is 20.8 Å². The molecule has 3 rings (SSSR count). The molecule has 1 atom stereocenters. The molecule has 0 unspecified atom stereocenters. The summed E-state index contributed by atoms with van der Waals surface area (Å²) in [5, 5.41) is 11.3. The molecule has 128 valence electrons. The lowest BCUT2D eigenvalue weighted by atomic mass is 10.1. The largest absolute Gasteiger partial charge is 0.454 e. The predicted octanol–water partition coefficient (Wildman–Crippen LogP) is 2.72. The van der Waals surface area contributed by atoms with Crippen LogP contribution in [0.3, 0.4) is 0 Å². The van der Waals surface area contributed by atoms with Crippen molar-refractivity contribution in [3.8, 4) is 23.0 Å². The fourth-order valence-electron chi connectivity index (χ4n) is 2.00. The lowest BCUT2D eigenvalue weighted by molar-refractivity contribution is -0.119. The zero-order valence-electron chi connectivity index (χ0n) is 13.7. The molecular formula is C16H19N3O4S. The summed E-state index contributed by atoms with van der Waals surface area (Å²) in [6.07, 6.45) is 0. The number of hydrogen-bond acceptors (Lipinski definition) is 7. The normalized spacial score (nSPS) is 14.0. The van der Waals surface area contributed by atoms with Crippen molar-refractivity contribution in [3.05, 3.63) is 18.2 Å². The molecule has 0 fully saturated rings. The highest BCUT2D eigenvalue weighted by Crippen LogP contribution is 2.35. The van der Waals surface area contributed by atoms with Gasteiger partial charge in [-0.05, 0) is 31.0 Å². The molecule has 1 N–H and O–H groups in total. The van der Waals surface area contributed by atoms with E-state index in [-0.39, 0.29) is 24.5 Å². The van der Waals surface area contributed by atoms with Crippen molar-refractivity contribution in [2.45, 2.75) is 32.0 Å². The summed E-state index contributed by atoms with van der Waals surface area (Å²) in [7, 11) is 0. The summed E-state index contributed by atoms with van der Waals surface area (Å²) >= 11 is 1.21. The van der Waals surface area contributed by atoms with E-state index in [9.17, 15) is 4.79 Å². The highest BCUT2D eigenvalue weighted by Gasteiger charge is 2.17. The van der Waals surface area contributed by atoms with Gasteiger partial charge in [-0.25, -0.2) is 0 Å². The van der Waals surface area contributed by atoms with Gasteiger partial charge in [0.25, 0.3) is 5.22 Å². The number of benzene rings is 1. The van der Waals surface area contributed by atoms with Crippen molar-refractivity contribution in [1.82, 2.24) is 15.5 Å². The average molecular weight is 349 g/mol. The minimum atomic E-state index is -0.0518. The Labute approximate surface area is 144 Å². The number of carbonyl (C=O) groups is 1. The van der Waals surface area contributed by atoms with E-state index in [1.807, 2.05) is 13.0 Å². The van der Waals surface area contributed by atoms with Crippen molar-refractivity contribution in [2.24, 2.45) is 5.92 Å². The van der Waals surface area contributed by atoms with Gasteiger partial charge in [-0.2, -0.15) is 0 Å². The summed E-state index contributed by atoms with van der Waals surface area (Å²) in [5.74, 6) is 2.31. The van der Waals surface area contributed by atoms with Crippen molar-refractivity contribution in [1.29, 1.82) is 0 Å². The Morgan fingerprint density at radius 2 is 2.04 bits per heavy atom. The van der Waals surface area contributed by atoms with Crippen LogP contribution in [0.15, 0.2) is 27.8 Å². The fraction of sp³-hybridized carbons (Fsp3) is 0.438. The van der Waals surface area contributed by atoms with E-state index < -0.39 is 0 Å². The first kappa shape index (κ1) is 16.6. The molecule has 2 aromatic rings. The van der Waals surface area contributed by atoms with Gasteiger partial charge in [0.15, 0.2) is 11.5 Å². The second-order valence-corrected chi connectivity index (χ2v) is 6.76. The Bertz CT molecular complexity index is 732. The van der Waals surface area contributed by atoms with E-state index in [0.29, 0.717) is 28.5 Å². The second-order valence-electron chi connectivity index (χ2n) is 5.83. The molecule has 0 aliphatic carbocycles. The number of rotatable bonds is 6. The molecule has 7 nitrogen and oxygen atoms in total. The Morgan fingerprint density at radius 3 is 2.83 bits per heavy atom. The Balaban J connectivity index is 1.59. The average Bonchev–Trinajstić information content (AvgIpc) is 3.21. The highest BCUT2D eigenvalue weighted by atomic mass is 32.2. The summed E-state index contributed by atoms with van der Waals surface area (Å²) in [6, 6.07) is 5.55. The van der Waals surface area contributed by atoms with Gasteiger partial charge in [0, 0.05) is 11.6 Å². The molecule has 0 bridgehead atoms. The van der Waals surface area contributed by atoms with E-state index in [1.165, 1.54) is 11.8 Å². The summed E-state index contributed by atoms with van der Waals surface area (Å²) < 4.78 is 16.2. The number of amides is 1. The number of nitrogens with one attached hydrogen (secondary N) is 1. The SMILES string of the molecule is CC(C)[C@H](C)NC(=O)CSc1nnc(-c2ccc3c(c2)OCO3)o1. The van der Waals surface area contributed by atoms with Crippen molar-refractivity contribution in [2.75, 3.05) is 12.5 Å². The maximum Gasteiger partial charge on any atom is 0.277 e. The van der Waals surface area contributed by atoms with Crippen LogP contribution in [0, 0.1) is 5.92 Å². The first-order chi connectivity index (χ1) is 11.5. The number of nitrogens with zero attached hydrogens (tertiary/aromatic N) is 2. The van der Waals surface area contributed by atoms with Crippen LogP contribution >= 0.6 is 11.8 Å².